The van der Waals surface area contributed by atoms with Gasteiger partial charge in [-0.05, 0) is 30.9 Å². The first kappa shape index (κ1) is 12.9. The van der Waals surface area contributed by atoms with Gasteiger partial charge < -0.3 is 10.1 Å². The van der Waals surface area contributed by atoms with Crippen LogP contribution in [-0.2, 0) is 0 Å². The van der Waals surface area contributed by atoms with Crippen LogP contribution in [0.15, 0.2) is 24.3 Å². The van der Waals surface area contributed by atoms with E-state index in [1.54, 1.807) is 13.2 Å². The van der Waals surface area contributed by atoms with Crippen LogP contribution in [0, 0.1) is 5.92 Å². The van der Waals surface area contributed by atoms with Crippen molar-refractivity contribution < 1.29 is 9.53 Å². The third-order valence-electron chi connectivity index (χ3n) is 3.62. The summed E-state index contributed by atoms with van der Waals surface area (Å²) in [7, 11) is 1.59. The van der Waals surface area contributed by atoms with Crippen LogP contribution < -0.4 is 10.1 Å². The summed E-state index contributed by atoms with van der Waals surface area (Å²) in [5.41, 5.74) is 0.623. The largest absolute Gasteiger partial charge is 0.496 e. The highest BCUT2D eigenvalue weighted by Gasteiger charge is 2.21. The van der Waals surface area contributed by atoms with Crippen LogP contribution in [0.25, 0.3) is 0 Å². The highest BCUT2D eigenvalue weighted by molar-refractivity contribution is 5.97. The molecule has 1 aliphatic carbocycles. The minimum Gasteiger partial charge on any atom is -0.496 e. The maximum absolute atomic E-state index is 12.2. The lowest BCUT2D eigenvalue weighted by atomic mass is 9.87. The van der Waals surface area contributed by atoms with Crippen molar-refractivity contribution in [3.8, 4) is 5.75 Å². The summed E-state index contributed by atoms with van der Waals surface area (Å²) in [6.45, 7) is 2.25. The lowest BCUT2D eigenvalue weighted by molar-refractivity contribution is 0.0918. The molecule has 0 aromatic heterocycles. The first-order chi connectivity index (χ1) is 8.70. The topological polar surface area (TPSA) is 38.3 Å². The third kappa shape index (κ3) is 3.03. The molecule has 0 bridgehead atoms. The normalized spacial score (nSPS) is 23.4. The van der Waals surface area contributed by atoms with E-state index in [9.17, 15) is 4.79 Å². The molecule has 1 N–H and O–H groups in total. The molecular weight excluding hydrogens is 226 g/mol. The smallest absolute Gasteiger partial charge is 0.255 e. The van der Waals surface area contributed by atoms with Crippen molar-refractivity contribution >= 4 is 5.91 Å². The molecule has 0 heterocycles. The van der Waals surface area contributed by atoms with Gasteiger partial charge in [0, 0.05) is 6.04 Å². The fourth-order valence-corrected chi connectivity index (χ4v) is 2.66. The zero-order valence-electron chi connectivity index (χ0n) is 11.1. The fourth-order valence-electron chi connectivity index (χ4n) is 2.66. The molecule has 1 aromatic rings. The van der Waals surface area contributed by atoms with Crippen molar-refractivity contribution in [2.75, 3.05) is 7.11 Å². The van der Waals surface area contributed by atoms with E-state index in [0.29, 0.717) is 23.3 Å². The first-order valence-electron chi connectivity index (χ1n) is 6.64. The number of benzene rings is 1. The number of hydrogen-bond acceptors (Lipinski definition) is 2. The van der Waals surface area contributed by atoms with Crippen molar-refractivity contribution in [3.63, 3.8) is 0 Å². The summed E-state index contributed by atoms with van der Waals surface area (Å²) < 4.78 is 5.22. The minimum atomic E-state index is -0.0217. The standard InChI is InChI=1S/C15H21NO2/c1-11-6-5-7-12(10-11)16-15(17)13-8-3-4-9-14(13)18-2/h3-4,8-9,11-12H,5-7,10H2,1-2H3,(H,16,17). The Morgan fingerprint density at radius 1 is 1.33 bits per heavy atom. The molecule has 0 radical (unpaired) electrons. The molecule has 2 rings (SSSR count). The summed E-state index contributed by atoms with van der Waals surface area (Å²) in [4.78, 5) is 12.2. The predicted molar refractivity (Wildman–Crippen MR) is 71.9 cm³/mol. The van der Waals surface area contributed by atoms with Crippen LogP contribution in [0.2, 0.25) is 0 Å². The fraction of sp³-hybridized carbons (Fsp3) is 0.533. The van der Waals surface area contributed by atoms with Gasteiger partial charge in [-0.15, -0.1) is 0 Å². The molecule has 2 atom stereocenters. The molecule has 0 aliphatic heterocycles. The number of ether oxygens (including phenoxy) is 1. The van der Waals surface area contributed by atoms with Gasteiger partial charge in [0.2, 0.25) is 0 Å². The molecular formula is C15H21NO2. The molecule has 98 valence electrons. The molecule has 3 heteroatoms. The lowest BCUT2D eigenvalue weighted by Gasteiger charge is -2.27. The Morgan fingerprint density at radius 2 is 2.11 bits per heavy atom. The number of nitrogens with one attached hydrogen (secondary N) is 1. The Bertz CT molecular complexity index is 417. The van der Waals surface area contributed by atoms with E-state index >= 15 is 0 Å². The second-order valence-electron chi connectivity index (χ2n) is 5.14. The van der Waals surface area contributed by atoms with Gasteiger partial charge in [-0.1, -0.05) is 31.9 Å². The predicted octanol–water partition coefficient (Wildman–Crippen LogP) is 3.00. The maximum Gasteiger partial charge on any atom is 0.255 e. The number of rotatable bonds is 3. The summed E-state index contributed by atoms with van der Waals surface area (Å²) in [5.74, 6) is 1.33. The van der Waals surface area contributed by atoms with Crippen LogP contribution >= 0.6 is 0 Å². The lowest BCUT2D eigenvalue weighted by Crippen LogP contribution is -2.38. The van der Waals surface area contributed by atoms with Gasteiger partial charge in [-0.2, -0.15) is 0 Å². The summed E-state index contributed by atoms with van der Waals surface area (Å²) in [6, 6.07) is 7.67. The Kier molecular flexibility index (Phi) is 4.24. The van der Waals surface area contributed by atoms with E-state index in [4.69, 9.17) is 4.74 Å². The second kappa shape index (κ2) is 5.89. The van der Waals surface area contributed by atoms with E-state index in [0.717, 1.165) is 12.8 Å². The molecule has 2 unspecified atom stereocenters. The third-order valence-corrected chi connectivity index (χ3v) is 3.62. The number of carbonyl (C=O) groups excluding carboxylic acids is 1. The molecule has 1 amide bonds. The van der Waals surface area contributed by atoms with E-state index in [2.05, 4.69) is 12.2 Å². The van der Waals surface area contributed by atoms with Crippen molar-refractivity contribution in [2.45, 2.75) is 38.6 Å². The summed E-state index contributed by atoms with van der Waals surface area (Å²) in [5, 5.41) is 3.12. The van der Waals surface area contributed by atoms with Crippen molar-refractivity contribution in [2.24, 2.45) is 5.92 Å². The molecule has 18 heavy (non-hydrogen) atoms. The van der Waals surface area contributed by atoms with E-state index in [1.165, 1.54) is 12.8 Å². The zero-order valence-corrected chi connectivity index (χ0v) is 11.1. The highest BCUT2D eigenvalue weighted by atomic mass is 16.5. The van der Waals surface area contributed by atoms with Gasteiger partial charge in [0.1, 0.15) is 5.75 Å². The molecule has 1 saturated carbocycles. The Morgan fingerprint density at radius 3 is 2.83 bits per heavy atom. The minimum absolute atomic E-state index is 0.0217. The monoisotopic (exact) mass is 247 g/mol. The molecule has 1 fully saturated rings. The average Bonchev–Trinajstić information content (AvgIpc) is 2.38. The van der Waals surface area contributed by atoms with Crippen LogP contribution in [0.4, 0.5) is 0 Å². The molecule has 0 saturated heterocycles. The van der Waals surface area contributed by atoms with Crippen LogP contribution in [0.3, 0.4) is 0 Å². The summed E-state index contributed by atoms with van der Waals surface area (Å²) >= 11 is 0. The number of hydrogen-bond donors (Lipinski definition) is 1. The average molecular weight is 247 g/mol. The van der Waals surface area contributed by atoms with Crippen molar-refractivity contribution in [1.82, 2.24) is 5.32 Å². The van der Waals surface area contributed by atoms with E-state index in [1.807, 2.05) is 18.2 Å². The Hall–Kier alpha value is -1.51. The van der Waals surface area contributed by atoms with Gasteiger partial charge >= 0.3 is 0 Å². The highest BCUT2D eigenvalue weighted by Crippen LogP contribution is 2.24. The Balaban J connectivity index is 2.03. The number of amides is 1. The molecule has 1 aromatic carbocycles. The molecule has 1 aliphatic rings. The first-order valence-corrected chi connectivity index (χ1v) is 6.64. The number of para-hydroxylation sites is 1. The quantitative estimate of drug-likeness (QED) is 0.891. The van der Waals surface area contributed by atoms with Crippen molar-refractivity contribution in [1.29, 1.82) is 0 Å². The van der Waals surface area contributed by atoms with Crippen LogP contribution in [-0.4, -0.2) is 19.1 Å². The summed E-state index contributed by atoms with van der Waals surface area (Å²) in [6.07, 6.45) is 4.66. The zero-order chi connectivity index (χ0) is 13.0. The SMILES string of the molecule is COc1ccccc1C(=O)NC1CCCC(C)C1. The second-order valence-corrected chi connectivity index (χ2v) is 5.14. The maximum atomic E-state index is 12.2. The number of methoxy groups -OCH3 is 1. The molecule has 3 nitrogen and oxygen atoms in total. The molecule has 0 spiro atoms. The van der Waals surface area contributed by atoms with Gasteiger partial charge in [-0.25, -0.2) is 0 Å². The van der Waals surface area contributed by atoms with Crippen molar-refractivity contribution in [3.05, 3.63) is 29.8 Å². The van der Waals surface area contributed by atoms with E-state index < -0.39 is 0 Å². The Labute approximate surface area is 109 Å². The van der Waals surface area contributed by atoms with Crippen LogP contribution in [0.1, 0.15) is 43.0 Å². The van der Waals surface area contributed by atoms with Gasteiger partial charge in [-0.3, -0.25) is 4.79 Å². The number of carbonyl (C=O) groups is 1. The van der Waals surface area contributed by atoms with Gasteiger partial charge in [0.25, 0.3) is 5.91 Å². The van der Waals surface area contributed by atoms with Gasteiger partial charge in [0.05, 0.1) is 12.7 Å². The van der Waals surface area contributed by atoms with Crippen LogP contribution in [0.5, 0.6) is 5.75 Å². The van der Waals surface area contributed by atoms with E-state index in [-0.39, 0.29) is 5.91 Å². The van der Waals surface area contributed by atoms with Gasteiger partial charge in [0.15, 0.2) is 0 Å².